The van der Waals surface area contributed by atoms with Crippen molar-refractivity contribution in [3.05, 3.63) is 0 Å². The van der Waals surface area contributed by atoms with Crippen LogP contribution in [-0.4, -0.2) is 45.7 Å². The molecular weight excluding hydrogens is 232 g/mol. The quantitative estimate of drug-likeness (QED) is 0.665. The van der Waals surface area contributed by atoms with Crippen molar-refractivity contribution < 1.29 is 18.8 Å². The molecule has 0 fully saturated rings. The van der Waals surface area contributed by atoms with E-state index < -0.39 is 21.4 Å². The van der Waals surface area contributed by atoms with Crippen LogP contribution >= 0.6 is 0 Å². The number of nitrogens with one attached hydrogen (secondary N) is 2. The molecule has 0 aliphatic carbocycles. The lowest BCUT2D eigenvalue weighted by Gasteiger charge is -2.19. The highest BCUT2D eigenvalue weighted by Gasteiger charge is 2.16. The molecule has 0 saturated carbocycles. The van der Waals surface area contributed by atoms with Gasteiger partial charge >= 0.3 is 6.09 Å². The zero-order chi connectivity index (χ0) is 12.8. The number of aliphatic hydroxyl groups is 1. The minimum Gasteiger partial charge on any atom is -0.444 e. The van der Waals surface area contributed by atoms with Crippen LogP contribution < -0.4 is 5.32 Å². The van der Waals surface area contributed by atoms with Crippen LogP contribution in [0.2, 0.25) is 0 Å². The number of hydrogen-bond acceptors (Lipinski definition) is 5. The van der Waals surface area contributed by atoms with E-state index in [-0.39, 0.29) is 24.7 Å². The summed E-state index contributed by atoms with van der Waals surface area (Å²) >= 11 is 0. The molecule has 96 valence electrons. The summed E-state index contributed by atoms with van der Waals surface area (Å²) in [5.41, 5.74) is -0.572. The van der Waals surface area contributed by atoms with Gasteiger partial charge in [0.25, 0.3) is 0 Å². The Balaban J connectivity index is 3.87. The summed E-state index contributed by atoms with van der Waals surface area (Å²) in [4.78, 5) is 11.2. The first-order valence-corrected chi connectivity index (χ1v) is 6.88. The number of carbonyl (C=O) groups is 1. The van der Waals surface area contributed by atoms with Gasteiger partial charge in [-0.05, 0) is 20.8 Å². The van der Waals surface area contributed by atoms with Crippen LogP contribution in [0.5, 0.6) is 0 Å². The van der Waals surface area contributed by atoms with Gasteiger partial charge in [0.15, 0.2) is 0 Å². The van der Waals surface area contributed by atoms with Gasteiger partial charge in [-0.3, -0.25) is 4.78 Å². The summed E-state index contributed by atoms with van der Waals surface area (Å²) in [6.45, 7) is 5.05. The van der Waals surface area contributed by atoms with Gasteiger partial charge in [-0.2, -0.15) is 0 Å². The molecule has 0 aliphatic rings. The van der Waals surface area contributed by atoms with Crippen molar-refractivity contribution in [2.75, 3.05) is 24.7 Å². The average molecular weight is 252 g/mol. The Kier molecular flexibility index (Phi) is 5.74. The van der Waals surface area contributed by atoms with Crippen molar-refractivity contribution in [3.8, 4) is 0 Å². The van der Waals surface area contributed by atoms with Crippen LogP contribution in [0.3, 0.4) is 0 Å². The molecule has 1 amide bonds. The van der Waals surface area contributed by atoms with Gasteiger partial charge in [0.1, 0.15) is 5.60 Å². The molecule has 0 saturated heterocycles. The monoisotopic (exact) mass is 252 g/mol. The number of amides is 1. The molecule has 7 heteroatoms. The third-order valence-electron chi connectivity index (χ3n) is 1.52. The normalized spacial score (nSPS) is 15.2. The third kappa shape index (κ3) is 8.49. The molecule has 0 heterocycles. The van der Waals surface area contributed by atoms with Gasteiger partial charge in [-0.15, -0.1) is 0 Å². The minimum absolute atomic E-state index is 0.0206. The number of ether oxygens (including phenoxy) is 1. The van der Waals surface area contributed by atoms with Gasteiger partial charge < -0.3 is 15.2 Å². The molecule has 0 aliphatic heterocycles. The number of hydrogen-bond donors (Lipinski definition) is 3. The van der Waals surface area contributed by atoms with E-state index in [4.69, 9.17) is 14.6 Å². The van der Waals surface area contributed by atoms with Gasteiger partial charge in [0, 0.05) is 22.0 Å². The van der Waals surface area contributed by atoms with E-state index in [1.165, 1.54) is 0 Å². The lowest BCUT2D eigenvalue weighted by molar-refractivity contribution is 0.0531. The third-order valence-corrected chi connectivity index (χ3v) is 3.23. The molecule has 16 heavy (non-hydrogen) atoms. The number of rotatable bonds is 5. The van der Waals surface area contributed by atoms with Gasteiger partial charge in [-0.1, -0.05) is 0 Å². The van der Waals surface area contributed by atoms with Crippen LogP contribution in [0, 0.1) is 4.78 Å². The maximum absolute atomic E-state index is 11.4. The van der Waals surface area contributed by atoms with Gasteiger partial charge in [0.2, 0.25) is 0 Å². The fraction of sp³-hybridized carbons (Fsp3) is 0.889. The van der Waals surface area contributed by atoms with Crippen LogP contribution in [0.25, 0.3) is 0 Å². The second-order valence-electron chi connectivity index (χ2n) is 4.37. The minimum atomic E-state index is -2.79. The Hall–Kier alpha value is -0.820. The lowest BCUT2D eigenvalue weighted by Crippen LogP contribution is -2.35. The number of alkyl carbamates (subject to hydrolysis) is 1. The van der Waals surface area contributed by atoms with E-state index >= 15 is 0 Å². The first-order valence-electron chi connectivity index (χ1n) is 4.98. The van der Waals surface area contributed by atoms with Gasteiger partial charge in [0.05, 0.1) is 12.4 Å². The summed E-state index contributed by atoms with van der Waals surface area (Å²) in [6, 6.07) is 0. The highest BCUT2D eigenvalue weighted by Crippen LogP contribution is 2.06. The summed E-state index contributed by atoms with van der Waals surface area (Å²) < 4.78 is 23.7. The zero-order valence-corrected chi connectivity index (χ0v) is 10.7. The van der Waals surface area contributed by atoms with Crippen LogP contribution in [0.15, 0.2) is 0 Å². The molecule has 0 spiro atoms. The average Bonchev–Trinajstić information content (AvgIpc) is 1.99. The summed E-state index contributed by atoms with van der Waals surface area (Å²) in [5.74, 6) is -0.0458. The molecule has 0 bridgehead atoms. The summed E-state index contributed by atoms with van der Waals surface area (Å²) in [5, 5.41) is 11.0. The molecule has 0 aromatic carbocycles. The number of carbonyl (C=O) groups excluding carboxylic acids is 1. The molecule has 1 atom stereocenters. The molecular formula is C9H20N2O4S. The van der Waals surface area contributed by atoms with Crippen LogP contribution in [0.4, 0.5) is 4.79 Å². The van der Waals surface area contributed by atoms with E-state index in [1.807, 2.05) is 0 Å². The van der Waals surface area contributed by atoms with E-state index in [0.29, 0.717) is 0 Å². The fourth-order valence-electron chi connectivity index (χ4n) is 0.882. The van der Waals surface area contributed by atoms with E-state index in [2.05, 4.69) is 5.32 Å². The molecule has 6 nitrogen and oxygen atoms in total. The second kappa shape index (κ2) is 6.05. The molecule has 0 aromatic rings. The predicted molar refractivity (Wildman–Crippen MR) is 61.9 cm³/mol. The zero-order valence-electron chi connectivity index (χ0n) is 9.91. The Bertz CT molecular complexity index is 319. The maximum atomic E-state index is 11.4. The maximum Gasteiger partial charge on any atom is 0.407 e. The van der Waals surface area contributed by atoms with E-state index in [1.54, 1.807) is 20.8 Å². The summed E-state index contributed by atoms with van der Waals surface area (Å²) in [7, 11) is -2.79. The van der Waals surface area contributed by atoms with Crippen molar-refractivity contribution in [1.82, 2.24) is 5.32 Å². The Morgan fingerprint density at radius 1 is 1.44 bits per heavy atom. The molecule has 0 aromatic heterocycles. The molecule has 1 unspecified atom stereocenters. The largest absolute Gasteiger partial charge is 0.444 e. The molecule has 0 radical (unpaired) electrons. The highest BCUT2D eigenvalue weighted by atomic mass is 32.2. The van der Waals surface area contributed by atoms with Crippen molar-refractivity contribution >= 4 is 15.8 Å². The van der Waals surface area contributed by atoms with Crippen LogP contribution in [-0.2, 0) is 14.5 Å². The topological polar surface area (TPSA) is 99.5 Å². The van der Waals surface area contributed by atoms with Gasteiger partial charge in [-0.25, -0.2) is 9.00 Å². The SMILES string of the molecule is CC(C)(C)OC(=O)NCCS(=N)(=O)CCO. The van der Waals surface area contributed by atoms with Crippen molar-refractivity contribution in [3.63, 3.8) is 0 Å². The highest BCUT2D eigenvalue weighted by molar-refractivity contribution is 7.92. The Morgan fingerprint density at radius 2 is 2.00 bits per heavy atom. The van der Waals surface area contributed by atoms with Crippen molar-refractivity contribution in [2.45, 2.75) is 26.4 Å². The Morgan fingerprint density at radius 3 is 2.44 bits per heavy atom. The fourth-order valence-corrected chi connectivity index (χ4v) is 1.81. The van der Waals surface area contributed by atoms with Crippen LogP contribution in [0.1, 0.15) is 20.8 Å². The molecule has 0 rings (SSSR count). The van der Waals surface area contributed by atoms with E-state index in [9.17, 15) is 9.00 Å². The van der Waals surface area contributed by atoms with Crippen molar-refractivity contribution in [1.29, 1.82) is 4.78 Å². The Labute approximate surface area is 96.3 Å². The first kappa shape index (κ1) is 15.2. The first-order chi connectivity index (χ1) is 7.16. The lowest BCUT2D eigenvalue weighted by atomic mass is 10.2. The second-order valence-corrected chi connectivity index (χ2v) is 6.81. The smallest absolute Gasteiger partial charge is 0.407 e. The summed E-state index contributed by atoms with van der Waals surface area (Å²) in [6.07, 6.45) is -0.591. The van der Waals surface area contributed by atoms with E-state index in [0.717, 1.165) is 0 Å². The molecule has 3 N–H and O–H groups in total. The predicted octanol–water partition coefficient (Wildman–Crippen LogP) is 0.550. The number of aliphatic hydroxyl groups excluding tert-OH is 1. The standard InChI is InChI=1S/C9H20N2O4S/c1-9(2,3)15-8(13)11-4-6-16(10,14)7-5-12/h10,12H,4-7H2,1-3H3,(H,11,13). The van der Waals surface area contributed by atoms with Crippen molar-refractivity contribution in [2.24, 2.45) is 0 Å².